The number of hydrogen-bond donors (Lipinski definition) is 1. The van der Waals surface area contributed by atoms with Crippen LogP contribution in [0, 0.1) is 0 Å². The Bertz CT molecular complexity index is 1130. The molecular formula is C55H102NO7+. The molecule has 8 heteroatoms. The van der Waals surface area contributed by atoms with E-state index in [1.807, 2.05) is 21.1 Å². The van der Waals surface area contributed by atoms with Gasteiger partial charge in [-0.2, -0.15) is 0 Å². The van der Waals surface area contributed by atoms with Gasteiger partial charge in [-0.3, -0.25) is 9.59 Å². The summed E-state index contributed by atoms with van der Waals surface area (Å²) < 4.78 is 17.4. The van der Waals surface area contributed by atoms with Gasteiger partial charge in [0.1, 0.15) is 6.61 Å². The van der Waals surface area contributed by atoms with Gasteiger partial charge < -0.3 is 23.8 Å². The number of ether oxygens (including phenoxy) is 3. The number of nitrogens with zero attached hydrogens (tertiary/aromatic N) is 1. The summed E-state index contributed by atoms with van der Waals surface area (Å²) in [7, 11) is 5.54. The summed E-state index contributed by atoms with van der Waals surface area (Å²) in [6, 6.07) is -0.616. The van der Waals surface area contributed by atoms with E-state index in [2.05, 4.69) is 50.3 Å². The van der Waals surface area contributed by atoms with Crippen LogP contribution in [0.2, 0.25) is 0 Å². The van der Waals surface area contributed by atoms with Crippen molar-refractivity contribution in [3.63, 3.8) is 0 Å². The van der Waals surface area contributed by atoms with Gasteiger partial charge in [-0.1, -0.05) is 192 Å². The Kier molecular flexibility index (Phi) is 44.3. The van der Waals surface area contributed by atoms with Gasteiger partial charge >= 0.3 is 17.9 Å². The maximum absolute atomic E-state index is 12.8. The number of carbonyl (C=O) groups excluding carboxylic acids is 2. The Morgan fingerprint density at radius 2 is 0.841 bits per heavy atom. The molecule has 368 valence electrons. The molecule has 0 aliphatic carbocycles. The summed E-state index contributed by atoms with van der Waals surface area (Å²) >= 11 is 0. The topological polar surface area (TPSA) is 99.1 Å². The summed E-state index contributed by atoms with van der Waals surface area (Å²) in [5.74, 6) is -1.47. The van der Waals surface area contributed by atoms with Crippen molar-refractivity contribution in [3.8, 4) is 0 Å². The number of carboxylic acids is 1. The predicted molar refractivity (Wildman–Crippen MR) is 266 cm³/mol. The number of hydrogen-bond acceptors (Lipinski definition) is 6. The molecule has 1 N–H and O–H groups in total. The second-order valence-electron chi connectivity index (χ2n) is 19.1. The van der Waals surface area contributed by atoms with Gasteiger partial charge in [0, 0.05) is 19.3 Å². The number of quaternary nitrogens is 1. The molecule has 0 aromatic rings. The summed E-state index contributed by atoms with van der Waals surface area (Å²) in [6.07, 6.45) is 54.8. The molecule has 63 heavy (non-hydrogen) atoms. The molecule has 2 atom stereocenters. The maximum Gasteiger partial charge on any atom is 0.362 e. The van der Waals surface area contributed by atoms with Crippen LogP contribution in [-0.2, 0) is 28.6 Å². The first-order valence-electron chi connectivity index (χ1n) is 26.5. The van der Waals surface area contributed by atoms with E-state index in [-0.39, 0.29) is 36.2 Å². The van der Waals surface area contributed by atoms with E-state index in [1.54, 1.807) is 0 Å². The van der Waals surface area contributed by atoms with Gasteiger partial charge in [0.25, 0.3) is 0 Å². The van der Waals surface area contributed by atoms with E-state index >= 15 is 0 Å². The number of unbranched alkanes of at least 4 members (excludes halogenated alkanes) is 28. The molecule has 0 amide bonds. The quantitative estimate of drug-likeness (QED) is 0.0281. The van der Waals surface area contributed by atoms with Crippen molar-refractivity contribution in [1.82, 2.24) is 0 Å². The number of aliphatic carboxylic acids is 1. The van der Waals surface area contributed by atoms with Gasteiger partial charge in [0.15, 0.2) is 12.1 Å². The van der Waals surface area contributed by atoms with Gasteiger partial charge in [-0.15, -0.1) is 0 Å². The van der Waals surface area contributed by atoms with Crippen LogP contribution in [0.5, 0.6) is 0 Å². The Balaban J connectivity index is 4.23. The van der Waals surface area contributed by atoms with Crippen LogP contribution < -0.4 is 0 Å². The molecule has 0 aliphatic heterocycles. The van der Waals surface area contributed by atoms with Crippen LogP contribution >= 0.6 is 0 Å². The molecule has 0 aromatic carbocycles. The molecule has 0 saturated carbocycles. The highest BCUT2D eigenvalue weighted by molar-refractivity contribution is 5.72. The zero-order valence-corrected chi connectivity index (χ0v) is 42.0. The first kappa shape index (κ1) is 60.5. The average Bonchev–Trinajstić information content (AvgIpc) is 3.24. The fourth-order valence-corrected chi connectivity index (χ4v) is 7.88. The van der Waals surface area contributed by atoms with Gasteiger partial charge in [0.2, 0.25) is 0 Å². The predicted octanol–water partition coefficient (Wildman–Crippen LogP) is 15.4. The molecule has 0 radical (unpaired) electrons. The normalized spacial score (nSPS) is 13.1. The summed E-state index contributed by atoms with van der Waals surface area (Å²) in [5.41, 5.74) is 0. The Labute approximate surface area is 389 Å². The highest BCUT2D eigenvalue weighted by Gasteiger charge is 2.31. The van der Waals surface area contributed by atoms with Crippen molar-refractivity contribution < 1.29 is 38.2 Å². The van der Waals surface area contributed by atoms with Crippen molar-refractivity contribution in [3.05, 3.63) is 36.5 Å². The van der Waals surface area contributed by atoms with Crippen molar-refractivity contribution in [1.29, 1.82) is 0 Å². The standard InChI is InChI=1S/C55H101NO7/c1-6-8-10-12-14-16-18-20-22-24-25-26-27-28-30-31-33-35-37-39-41-43-45-53(57)62-50-51(49-61-48-47-52(55(59)60)56(3,4)5)63-54(58)46-44-42-40-38-36-34-32-29-23-21-19-17-15-13-11-9-7-2/h21,23-25,27-28,51-52H,6-20,22,26,29-50H2,1-5H3/p+1/b23-21+,25-24+,28-27+. The van der Waals surface area contributed by atoms with Crippen LogP contribution in [-0.4, -0.2) is 80.6 Å². The molecule has 2 unspecified atom stereocenters. The number of likely N-dealkylation sites (N-methyl/N-ethyl adjacent to an activating group) is 1. The van der Waals surface area contributed by atoms with E-state index in [9.17, 15) is 19.5 Å². The molecule has 0 aliphatic rings. The highest BCUT2D eigenvalue weighted by atomic mass is 16.6. The van der Waals surface area contributed by atoms with Crippen molar-refractivity contribution in [2.24, 2.45) is 0 Å². The lowest BCUT2D eigenvalue weighted by Gasteiger charge is -2.31. The largest absolute Gasteiger partial charge is 0.477 e. The molecule has 0 fully saturated rings. The monoisotopic (exact) mass is 889 g/mol. The lowest BCUT2D eigenvalue weighted by atomic mass is 10.1. The van der Waals surface area contributed by atoms with Crippen LogP contribution in [0.15, 0.2) is 36.5 Å². The second kappa shape index (κ2) is 46.1. The van der Waals surface area contributed by atoms with Gasteiger partial charge in [-0.05, 0) is 70.6 Å². The third-order valence-electron chi connectivity index (χ3n) is 12.0. The third kappa shape index (κ3) is 44.5. The van der Waals surface area contributed by atoms with Gasteiger partial charge in [0.05, 0.1) is 34.4 Å². The molecule has 0 aromatic heterocycles. The summed E-state index contributed by atoms with van der Waals surface area (Å²) in [6.45, 7) is 4.75. The minimum absolute atomic E-state index is 0.0550. The molecule has 0 saturated heterocycles. The van der Waals surface area contributed by atoms with Gasteiger partial charge in [-0.25, -0.2) is 4.79 Å². The van der Waals surface area contributed by atoms with Crippen LogP contribution in [0.4, 0.5) is 0 Å². The van der Waals surface area contributed by atoms with E-state index < -0.39 is 18.1 Å². The zero-order valence-electron chi connectivity index (χ0n) is 42.0. The lowest BCUT2D eigenvalue weighted by molar-refractivity contribution is -0.887. The molecule has 0 rings (SSSR count). The number of esters is 2. The van der Waals surface area contributed by atoms with Crippen LogP contribution in [0.3, 0.4) is 0 Å². The Morgan fingerprint density at radius 1 is 0.476 bits per heavy atom. The molecule has 0 bridgehead atoms. The molecule has 0 heterocycles. The van der Waals surface area contributed by atoms with E-state index in [0.717, 1.165) is 51.4 Å². The maximum atomic E-state index is 12.8. The Hall–Kier alpha value is -2.45. The van der Waals surface area contributed by atoms with Crippen molar-refractivity contribution in [2.75, 3.05) is 41.0 Å². The number of carbonyl (C=O) groups is 3. The van der Waals surface area contributed by atoms with E-state index in [1.165, 1.54) is 161 Å². The second-order valence-corrected chi connectivity index (χ2v) is 19.1. The third-order valence-corrected chi connectivity index (χ3v) is 12.0. The molecule has 8 nitrogen and oxygen atoms in total. The molecular weight excluding hydrogens is 787 g/mol. The smallest absolute Gasteiger partial charge is 0.362 e. The SMILES string of the molecule is CCCCCCCC/C=C/CCCCCCCCCC(=O)OC(COCCC(C(=O)O)[N+](C)(C)C)COC(=O)CCCCCCCCC/C=C/C/C=C/CCCCCCCCCC. The van der Waals surface area contributed by atoms with E-state index in [4.69, 9.17) is 14.2 Å². The first-order chi connectivity index (χ1) is 30.6. The highest BCUT2D eigenvalue weighted by Crippen LogP contribution is 2.15. The van der Waals surface area contributed by atoms with E-state index in [0.29, 0.717) is 19.3 Å². The minimum Gasteiger partial charge on any atom is -0.477 e. The lowest BCUT2D eigenvalue weighted by Crippen LogP contribution is -2.50. The Morgan fingerprint density at radius 3 is 1.24 bits per heavy atom. The summed E-state index contributed by atoms with van der Waals surface area (Å²) in [5, 5.41) is 9.66. The number of rotatable bonds is 48. The minimum atomic E-state index is -0.875. The van der Waals surface area contributed by atoms with Crippen molar-refractivity contribution >= 4 is 17.9 Å². The molecule has 0 spiro atoms. The fraction of sp³-hybridized carbons (Fsp3) is 0.836. The first-order valence-corrected chi connectivity index (χ1v) is 26.5. The van der Waals surface area contributed by atoms with Crippen LogP contribution in [0.1, 0.15) is 245 Å². The van der Waals surface area contributed by atoms with Crippen LogP contribution in [0.25, 0.3) is 0 Å². The summed E-state index contributed by atoms with van der Waals surface area (Å²) in [4.78, 5) is 37.2. The fourth-order valence-electron chi connectivity index (χ4n) is 7.88. The average molecular weight is 889 g/mol. The number of allylic oxidation sites excluding steroid dienone is 6. The number of carboxylic acid groups (broad SMARTS) is 1. The zero-order chi connectivity index (χ0) is 46.3. The van der Waals surface area contributed by atoms with Crippen molar-refractivity contribution in [2.45, 2.75) is 257 Å².